The number of nitrogens with two attached hydrogens (primary N) is 1. The molecule has 2 atom stereocenters. The van der Waals surface area contributed by atoms with E-state index in [4.69, 9.17) is 10.5 Å². The van der Waals surface area contributed by atoms with Crippen molar-refractivity contribution < 1.29 is 9.53 Å². The van der Waals surface area contributed by atoms with Crippen LogP contribution in [0.25, 0.3) is 0 Å². The number of nitrogens with zero attached hydrogens (tertiary/aromatic N) is 1. The first-order valence-electron chi connectivity index (χ1n) is 6.22. The first kappa shape index (κ1) is 16.7. The molecule has 0 bridgehead atoms. The van der Waals surface area contributed by atoms with Gasteiger partial charge in [-0.05, 0) is 25.7 Å². The molecule has 1 fully saturated rings. The fourth-order valence-electron chi connectivity index (χ4n) is 1.91. The van der Waals surface area contributed by atoms with Crippen molar-refractivity contribution in [2.45, 2.75) is 45.8 Å². The molecule has 4 nitrogen and oxygen atoms in total. The Hall–Kier alpha value is -0.320. The van der Waals surface area contributed by atoms with Crippen molar-refractivity contribution in [1.82, 2.24) is 4.90 Å². The van der Waals surface area contributed by atoms with Crippen molar-refractivity contribution >= 4 is 18.3 Å². The quantitative estimate of drug-likeness (QED) is 0.817. The second-order valence-corrected chi connectivity index (χ2v) is 4.78. The topological polar surface area (TPSA) is 55.6 Å². The van der Waals surface area contributed by atoms with Crippen LogP contribution in [0.15, 0.2) is 0 Å². The third-order valence-electron chi connectivity index (χ3n) is 3.14. The van der Waals surface area contributed by atoms with E-state index in [-0.39, 0.29) is 36.4 Å². The van der Waals surface area contributed by atoms with Crippen molar-refractivity contribution in [2.24, 2.45) is 11.7 Å². The molecule has 1 rings (SSSR count). The fourth-order valence-corrected chi connectivity index (χ4v) is 1.91. The Kier molecular flexibility index (Phi) is 7.75. The Morgan fingerprint density at radius 2 is 2.18 bits per heavy atom. The molecule has 0 aromatic carbocycles. The summed E-state index contributed by atoms with van der Waals surface area (Å²) in [4.78, 5) is 13.9. The van der Waals surface area contributed by atoms with Crippen molar-refractivity contribution in [3.63, 3.8) is 0 Å². The predicted octanol–water partition coefficient (Wildman–Crippen LogP) is 1.42. The minimum Gasteiger partial charge on any atom is -0.376 e. The van der Waals surface area contributed by atoms with E-state index in [1.165, 1.54) is 0 Å². The molecule has 0 saturated carbocycles. The molecule has 1 saturated heterocycles. The number of halogens is 1. The van der Waals surface area contributed by atoms with Crippen LogP contribution in [0.2, 0.25) is 0 Å². The van der Waals surface area contributed by atoms with E-state index in [0.717, 1.165) is 19.4 Å². The van der Waals surface area contributed by atoms with Crippen LogP contribution < -0.4 is 5.73 Å². The molecule has 0 radical (unpaired) electrons. The smallest absolute Gasteiger partial charge is 0.239 e. The largest absolute Gasteiger partial charge is 0.376 e. The lowest BCUT2D eigenvalue weighted by atomic mass is 10.0. The molecule has 1 unspecified atom stereocenters. The maximum absolute atomic E-state index is 12.0. The van der Waals surface area contributed by atoms with Crippen LogP contribution in [0, 0.1) is 5.92 Å². The zero-order valence-electron chi connectivity index (χ0n) is 11.0. The summed E-state index contributed by atoms with van der Waals surface area (Å²) in [7, 11) is 0. The van der Waals surface area contributed by atoms with Crippen LogP contribution in [-0.2, 0) is 9.53 Å². The van der Waals surface area contributed by atoms with Crippen molar-refractivity contribution in [1.29, 1.82) is 0 Å². The van der Waals surface area contributed by atoms with Crippen LogP contribution >= 0.6 is 12.4 Å². The molecule has 1 aliphatic rings. The summed E-state index contributed by atoms with van der Waals surface area (Å²) in [5.41, 5.74) is 5.88. The van der Waals surface area contributed by atoms with Gasteiger partial charge in [0.15, 0.2) is 0 Å². The maximum atomic E-state index is 12.0. The molecule has 0 aliphatic carbocycles. The van der Waals surface area contributed by atoms with E-state index >= 15 is 0 Å². The minimum absolute atomic E-state index is 0. The maximum Gasteiger partial charge on any atom is 0.239 e. The molecular weight excluding hydrogens is 240 g/mol. The van der Waals surface area contributed by atoms with Gasteiger partial charge in [-0.1, -0.05) is 13.8 Å². The summed E-state index contributed by atoms with van der Waals surface area (Å²) in [6.45, 7) is 8.16. The second kappa shape index (κ2) is 7.90. The van der Waals surface area contributed by atoms with Gasteiger partial charge in [0.1, 0.15) is 0 Å². The van der Waals surface area contributed by atoms with Crippen LogP contribution in [0.1, 0.15) is 33.6 Å². The highest BCUT2D eigenvalue weighted by Crippen LogP contribution is 2.14. The molecule has 17 heavy (non-hydrogen) atoms. The van der Waals surface area contributed by atoms with Crippen LogP contribution in [0.3, 0.4) is 0 Å². The molecule has 2 N–H and O–H groups in total. The van der Waals surface area contributed by atoms with Gasteiger partial charge in [-0.2, -0.15) is 0 Å². The Labute approximate surface area is 110 Å². The number of rotatable bonds is 5. The summed E-state index contributed by atoms with van der Waals surface area (Å²) in [5, 5.41) is 0. The van der Waals surface area contributed by atoms with Gasteiger partial charge in [-0.25, -0.2) is 0 Å². The van der Waals surface area contributed by atoms with Crippen LogP contribution in [-0.4, -0.2) is 42.6 Å². The molecular formula is C12H25ClN2O2. The molecule has 1 amide bonds. The molecule has 1 heterocycles. The molecule has 0 aromatic rings. The van der Waals surface area contributed by atoms with Crippen LogP contribution in [0.4, 0.5) is 0 Å². The van der Waals surface area contributed by atoms with Gasteiger partial charge in [0, 0.05) is 19.7 Å². The highest BCUT2D eigenvalue weighted by atomic mass is 35.5. The Balaban J connectivity index is 0.00000256. The Bertz CT molecular complexity index is 231. The van der Waals surface area contributed by atoms with E-state index in [9.17, 15) is 4.79 Å². The second-order valence-electron chi connectivity index (χ2n) is 4.78. The molecule has 1 aliphatic heterocycles. The van der Waals surface area contributed by atoms with Gasteiger partial charge in [0.2, 0.25) is 5.91 Å². The number of amides is 1. The summed E-state index contributed by atoms with van der Waals surface area (Å²) >= 11 is 0. The Morgan fingerprint density at radius 3 is 2.59 bits per heavy atom. The molecule has 5 heteroatoms. The summed E-state index contributed by atoms with van der Waals surface area (Å²) in [5.74, 6) is 0.235. The average Bonchev–Trinajstić information content (AvgIpc) is 2.76. The van der Waals surface area contributed by atoms with E-state index in [0.29, 0.717) is 13.1 Å². The standard InChI is InChI=1S/C12H24N2O2.ClH/c1-4-14(8-10-6-5-7-16-10)12(15)11(13)9(2)3;/h9-11H,4-8,13H2,1-3H3;1H/t10?,11-;/m1./s1. The van der Waals surface area contributed by atoms with Gasteiger partial charge < -0.3 is 15.4 Å². The number of hydrogen-bond acceptors (Lipinski definition) is 3. The normalized spacial score (nSPS) is 21.1. The summed E-state index contributed by atoms with van der Waals surface area (Å²) in [6, 6.07) is -0.388. The third kappa shape index (κ3) is 4.82. The fraction of sp³-hybridized carbons (Fsp3) is 0.917. The first-order chi connectivity index (χ1) is 7.56. The van der Waals surface area contributed by atoms with Crippen molar-refractivity contribution in [3.8, 4) is 0 Å². The lowest BCUT2D eigenvalue weighted by Crippen LogP contribution is -2.48. The SMILES string of the molecule is CCN(CC1CCCO1)C(=O)[C@H](N)C(C)C.Cl. The zero-order chi connectivity index (χ0) is 12.1. The van der Waals surface area contributed by atoms with E-state index in [2.05, 4.69) is 0 Å². The zero-order valence-corrected chi connectivity index (χ0v) is 11.8. The molecule has 0 aromatic heterocycles. The number of carbonyl (C=O) groups excluding carboxylic acids is 1. The average molecular weight is 265 g/mol. The van der Waals surface area contributed by atoms with Crippen LogP contribution in [0.5, 0.6) is 0 Å². The number of carbonyl (C=O) groups is 1. The first-order valence-corrected chi connectivity index (χ1v) is 6.22. The third-order valence-corrected chi connectivity index (χ3v) is 3.14. The Morgan fingerprint density at radius 1 is 1.53 bits per heavy atom. The lowest BCUT2D eigenvalue weighted by Gasteiger charge is -2.28. The van der Waals surface area contributed by atoms with Gasteiger partial charge >= 0.3 is 0 Å². The number of likely N-dealkylation sites (N-methyl/N-ethyl adjacent to an activating group) is 1. The summed E-state index contributed by atoms with van der Waals surface area (Å²) in [6.07, 6.45) is 2.37. The monoisotopic (exact) mass is 264 g/mol. The van der Waals surface area contributed by atoms with Gasteiger partial charge in [-0.15, -0.1) is 12.4 Å². The predicted molar refractivity (Wildman–Crippen MR) is 71.3 cm³/mol. The highest BCUT2D eigenvalue weighted by Gasteiger charge is 2.26. The van der Waals surface area contributed by atoms with Gasteiger partial charge in [0.25, 0.3) is 0 Å². The van der Waals surface area contributed by atoms with Gasteiger partial charge in [0.05, 0.1) is 12.1 Å². The van der Waals surface area contributed by atoms with E-state index in [1.807, 2.05) is 25.7 Å². The summed E-state index contributed by atoms with van der Waals surface area (Å²) < 4.78 is 5.54. The van der Waals surface area contributed by atoms with Crippen molar-refractivity contribution in [3.05, 3.63) is 0 Å². The minimum atomic E-state index is -0.388. The molecule has 0 spiro atoms. The highest BCUT2D eigenvalue weighted by molar-refractivity contribution is 5.85. The molecule has 102 valence electrons. The lowest BCUT2D eigenvalue weighted by molar-refractivity contribution is -0.134. The number of hydrogen-bond donors (Lipinski definition) is 1. The van der Waals surface area contributed by atoms with E-state index in [1.54, 1.807) is 0 Å². The van der Waals surface area contributed by atoms with E-state index < -0.39 is 0 Å². The number of ether oxygens (including phenoxy) is 1. The van der Waals surface area contributed by atoms with Crippen molar-refractivity contribution in [2.75, 3.05) is 19.7 Å². The van der Waals surface area contributed by atoms with Gasteiger partial charge in [-0.3, -0.25) is 4.79 Å².